The maximum atomic E-state index is 11.5. The van der Waals surface area contributed by atoms with Crippen LogP contribution in [0.1, 0.15) is 90.9 Å². The molecule has 0 N–H and O–H groups in total. The summed E-state index contributed by atoms with van der Waals surface area (Å²) in [6.07, 6.45) is 16.5. The number of rotatable bonds is 16. The topological polar surface area (TPSA) is 26.3 Å². The van der Waals surface area contributed by atoms with Crippen LogP contribution in [0.4, 0.5) is 0 Å². The molecule has 0 saturated carbocycles. The minimum absolute atomic E-state index is 0. The first kappa shape index (κ1) is 26.0. The predicted molar refractivity (Wildman–Crippen MR) is 99.6 cm³/mol. The highest BCUT2D eigenvalue weighted by atomic mass is 35.5. The molecule has 0 fully saturated rings. The van der Waals surface area contributed by atoms with Crippen molar-refractivity contribution in [3.05, 3.63) is 0 Å². The average Bonchev–Trinajstić information content (AvgIpc) is 2.48. The molecule has 0 saturated heterocycles. The second-order valence-corrected chi connectivity index (χ2v) is 7.51. The monoisotopic (exact) mass is 363 g/mol. The molecule has 3 nitrogen and oxygen atoms in total. The van der Waals surface area contributed by atoms with Gasteiger partial charge in [-0.1, -0.05) is 71.1 Å². The highest BCUT2D eigenvalue weighted by Gasteiger charge is 2.20. The van der Waals surface area contributed by atoms with E-state index in [1.54, 1.807) is 0 Å². The molecule has 24 heavy (non-hydrogen) atoms. The van der Waals surface area contributed by atoms with Crippen molar-refractivity contribution in [2.24, 2.45) is 0 Å². The van der Waals surface area contributed by atoms with Crippen LogP contribution in [0.3, 0.4) is 0 Å². The second kappa shape index (κ2) is 17.5. The van der Waals surface area contributed by atoms with E-state index in [1.165, 1.54) is 77.0 Å². The lowest BCUT2D eigenvalue weighted by Crippen LogP contribution is -3.00. The van der Waals surface area contributed by atoms with Crippen LogP contribution < -0.4 is 12.4 Å². The molecule has 0 aliphatic rings. The lowest BCUT2D eigenvalue weighted by atomic mass is 10.1. The van der Waals surface area contributed by atoms with Crippen LogP contribution in [-0.4, -0.2) is 44.2 Å². The maximum Gasteiger partial charge on any atom is 0.361 e. The SMILES string of the molecule is CCCCCCCCCCCCCC[N+](C)(C)CC(=O)OCC.[Cl-]. The van der Waals surface area contributed by atoms with E-state index in [4.69, 9.17) is 4.74 Å². The van der Waals surface area contributed by atoms with Gasteiger partial charge in [0.15, 0.2) is 6.54 Å². The molecule has 0 atom stereocenters. The van der Waals surface area contributed by atoms with Crippen molar-refractivity contribution in [1.29, 1.82) is 0 Å². The number of nitrogens with zero attached hydrogens (tertiary/aromatic N) is 1. The van der Waals surface area contributed by atoms with E-state index in [9.17, 15) is 4.79 Å². The third-order valence-corrected chi connectivity index (χ3v) is 4.48. The summed E-state index contributed by atoms with van der Waals surface area (Å²) < 4.78 is 5.78. The summed E-state index contributed by atoms with van der Waals surface area (Å²) in [4.78, 5) is 11.5. The van der Waals surface area contributed by atoms with Crippen molar-refractivity contribution in [2.45, 2.75) is 90.9 Å². The van der Waals surface area contributed by atoms with Crippen LogP contribution in [0.5, 0.6) is 0 Å². The van der Waals surface area contributed by atoms with Gasteiger partial charge in [0, 0.05) is 0 Å². The van der Waals surface area contributed by atoms with Crippen molar-refractivity contribution in [3.8, 4) is 0 Å². The fourth-order valence-electron chi connectivity index (χ4n) is 3.02. The molecule has 0 rings (SSSR count). The van der Waals surface area contributed by atoms with Gasteiger partial charge in [0.2, 0.25) is 0 Å². The van der Waals surface area contributed by atoms with E-state index in [2.05, 4.69) is 21.0 Å². The van der Waals surface area contributed by atoms with E-state index >= 15 is 0 Å². The summed E-state index contributed by atoms with van der Waals surface area (Å²) >= 11 is 0. The first-order valence-corrected chi connectivity index (χ1v) is 9.99. The number of halogens is 1. The number of unbranched alkanes of at least 4 members (excludes halogenated alkanes) is 11. The molecule has 0 aromatic carbocycles. The summed E-state index contributed by atoms with van der Waals surface area (Å²) in [5.41, 5.74) is 0. The van der Waals surface area contributed by atoms with Gasteiger partial charge in [-0.25, -0.2) is 4.79 Å². The van der Waals surface area contributed by atoms with Gasteiger partial charge in [0.1, 0.15) is 0 Å². The molecule has 0 amide bonds. The van der Waals surface area contributed by atoms with Gasteiger partial charge in [-0.05, 0) is 19.8 Å². The van der Waals surface area contributed by atoms with Crippen LogP contribution in [0.2, 0.25) is 0 Å². The number of likely N-dealkylation sites (N-methyl/N-ethyl adjacent to an activating group) is 1. The van der Waals surface area contributed by atoms with Gasteiger partial charge >= 0.3 is 5.97 Å². The lowest BCUT2D eigenvalue weighted by molar-refractivity contribution is -0.883. The van der Waals surface area contributed by atoms with E-state index in [1.807, 2.05) is 6.92 Å². The Bertz CT molecular complexity index is 283. The lowest BCUT2D eigenvalue weighted by Gasteiger charge is -2.28. The highest BCUT2D eigenvalue weighted by Crippen LogP contribution is 2.12. The third-order valence-electron chi connectivity index (χ3n) is 4.48. The van der Waals surface area contributed by atoms with Crippen molar-refractivity contribution in [1.82, 2.24) is 0 Å². The molecule has 146 valence electrons. The zero-order valence-electron chi connectivity index (χ0n) is 16.7. The van der Waals surface area contributed by atoms with Crippen molar-refractivity contribution >= 4 is 5.97 Å². The number of esters is 1. The molecule has 0 heterocycles. The van der Waals surface area contributed by atoms with Crippen molar-refractivity contribution < 1.29 is 26.4 Å². The molecule has 0 unspecified atom stereocenters. The zero-order chi connectivity index (χ0) is 17.4. The quantitative estimate of drug-likeness (QED) is 0.239. The van der Waals surface area contributed by atoms with Crippen LogP contribution in [0.25, 0.3) is 0 Å². The Hall–Kier alpha value is -0.280. The Morgan fingerprint density at radius 1 is 0.750 bits per heavy atom. The summed E-state index contributed by atoms with van der Waals surface area (Å²) in [6.45, 7) is 6.18. The minimum Gasteiger partial charge on any atom is -1.00 e. The average molecular weight is 364 g/mol. The molecule has 0 aromatic rings. The second-order valence-electron chi connectivity index (χ2n) is 7.51. The number of quaternary nitrogens is 1. The van der Waals surface area contributed by atoms with Crippen LogP contribution in [-0.2, 0) is 9.53 Å². The number of hydrogen-bond donors (Lipinski definition) is 0. The fourth-order valence-corrected chi connectivity index (χ4v) is 3.02. The molecule has 0 spiro atoms. The largest absolute Gasteiger partial charge is 1.00 e. The van der Waals surface area contributed by atoms with E-state index < -0.39 is 0 Å². The normalized spacial score (nSPS) is 11.2. The van der Waals surface area contributed by atoms with E-state index in [0.29, 0.717) is 13.2 Å². The van der Waals surface area contributed by atoms with Gasteiger partial charge in [-0.15, -0.1) is 0 Å². The van der Waals surface area contributed by atoms with Crippen LogP contribution in [0.15, 0.2) is 0 Å². The standard InChI is InChI=1S/C20H42NO2.ClH/c1-5-7-8-9-10-11-12-13-14-15-16-17-18-21(3,4)19-20(22)23-6-2;/h5-19H2,1-4H3;1H/q+1;/p-1. The Kier molecular flexibility index (Phi) is 19.0. The van der Waals surface area contributed by atoms with Gasteiger partial charge in [-0.3, -0.25) is 0 Å². The first-order chi connectivity index (χ1) is 11.0. The summed E-state index contributed by atoms with van der Waals surface area (Å²) in [7, 11) is 4.24. The van der Waals surface area contributed by atoms with Crippen molar-refractivity contribution in [3.63, 3.8) is 0 Å². The van der Waals surface area contributed by atoms with Crippen LogP contribution >= 0.6 is 0 Å². The molecule has 0 radical (unpaired) electrons. The number of ether oxygens (including phenoxy) is 1. The number of carbonyl (C=O) groups excluding carboxylic acids is 1. The Labute approximate surface area is 157 Å². The minimum atomic E-state index is -0.0727. The molecule has 4 heteroatoms. The van der Waals surface area contributed by atoms with E-state index in [0.717, 1.165) is 11.0 Å². The van der Waals surface area contributed by atoms with Gasteiger partial charge in [-0.2, -0.15) is 0 Å². The van der Waals surface area contributed by atoms with E-state index in [-0.39, 0.29) is 18.4 Å². The van der Waals surface area contributed by atoms with Gasteiger partial charge in [0.05, 0.1) is 27.2 Å². The number of hydrogen-bond acceptors (Lipinski definition) is 2. The smallest absolute Gasteiger partial charge is 0.361 e. The summed E-state index contributed by atoms with van der Waals surface area (Å²) in [5, 5.41) is 0. The zero-order valence-corrected chi connectivity index (χ0v) is 17.5. The molecule has 0 aliphatic heterocycles. The Morgan fingerprint density at radius 3 is 1.58 bits per heavy atom. The fraction of sp³-hybridized carbons (Fsp3) is 0.950. The van der Waals surface area contributed by atoms with Gasteiger partial charge in [0.25, 0.3) is 0 Å². The van der Waals surface area contributed by atoms with Gasteiger partial charge < -0.3 is 21.6 Å². The maximum absolute atomic E-state index is 11.5. The predicted octanol–water partition coefficient (Wildman–Crippen LogP) is 2.33. The Morgan fingerprint density at radius 2 is 1.17 bits per heavy atom. The summed E-state index contributed by atoms with van der Waals surface area (Å²) in [5.74, 6) is -0.0727. The molecular weight excluding hydrogens is 322 g/mol. The Balaban J connectivity index is 0. The number of carbonyl (C=O) groups is 1. The van der Waals surface area contributed by atoms with Crippen molar-refractivity contribution in [2.75, 3.05) is 33.8 Å². The first-order valence-electron chi connectivity index (χ1n) is 9.99. The highest BCUT2D eigenvalue weighted by molar-refractivity contribution is 5.70. The molecule has 0 aromatic heterocycles. The third kappa shape index (κ3) is 18.1. The molecule has 0 bridgehead atoms. The summed E-state index contributed by atoms with van der Waals surface area (Å²) in [6, 6.07) is 0. The molecule has 0 aliphatic carbocycles. The molecular formula is C20H42ClNO2. The van der Waals surface area contributed by atoms with Crippen LogP contribution in [0, 0.1) is 0 Å².